The van der Waals surface area contributed by atoms with Crippen LogP contribution in [0.4, 0.5) is 0 Å². The molecule has 1 aliphatic rings. The molecule has 0 atom stereocenters. The monoisotopic (exact) mass is 366 g/mol. The minimum atomic E-state index is -0.166. The summed E-state index contributed by atoms with van der Waals surface area (Å²) in [5.74, 6) is -0.185. The average molecular weight is 366 g/mol. The van der Waals surface area contributed by atoms with E-state index < -0.39 is 0 Å². The van der Waals surface area contributed by atoms with Crippen molar-refractivity contribution in [2.24, 2.45) is 0 Å². The van der Waals surface area contributed by atoms with Gasteiger partial charge in [0, 0.05) is 31.6 Å². The fraction of sp³-hybridized carbons (Fsp3) is 0.263. The summed E-state index contributed by atoms with van der Waals surface area (Å²) in [6.45, 7) is 1.90. The van der Waals surface area contributed by atoms with E-state index in [9.17, 15) is 14.4 Å². The Kier molecular flexibility index (Phi) is 4.45. The molecule has 2 amide bonds. The van der Waals surface area contributed by atoms with Crippen LogP contribution in [0, 0.1) is 0 Å². The summed E-state index contributed by atoms with van der Waals surface area (Å²) in [5, 5.41) is 4.64. The van der Waals surface area contributed by atoms with E-state index in [0.29, 0.717) is 42.6 Å². The van der Waals surface area contributed by atoms with E-state index in [1.54, 1.807) is 38.7 Å². The molecule has 0 aliphatic carbocycles. The lowest BCUT2D eigenvalue weighted by atomic mass is 10.2. The first-order valence-corrected chi connectivity index (χ1v) is 8.67. The van der Waals surface area contributed by atoms with Crippen molar-refractivity contribution < 1.29 is 14.0 Å². The number of hydrogen-bond acceptors (Lipinski definition) is 5. The first-order chi connectivity index (χ1) is 13.1. The zero-order valence-electron chi connectivity index (χ0n) is 14.6. The maximum Gasteiger partial charge on any atom is 0.257 e. The van der Waals surface area contributed by atoms with Crippen molar-refractivity contribution in [3.63, 3.8) is 0 Å². The Morgan fingerprint density at radius 2 is 1.78 bits per heavy atom. The van der Waals surface area contributed by atoms with Crippen molar-refractivity contribution in [1.82, 2.24) is 19.6 Å². The molecule has 0 bridgehead atoms. The minimum absolute atomic E-state index is 0.0521. The molecule has 2 aromatic heterocycles. The van der Waals surface area contributed by atoms with E-state index in [4.69, 9.17) is 4.42 Å². The van der Waals surface area contributed by atoms with Gasteiger partial charge >= 0.3 is 0 Å². The molecule has 8 heteroatoms. The molecule has 0 saturated carbocycles. The fourth-order valence-electron chi connectivity index (χ4n) is 3.24. The zero-order valence-corrected chi connectivity index (χ0v) is 14.6. The van der Waals surface area contributed by atoms with Crippen LogP contribution in [0.3, 0.4) is 0 Å². The average Bonchev–Trinajstić information content (AvgIpc) is 3.25. The van der Waals surface area contributed by atoms with Crippen LogP contribution >= 0.6 is 0 Å². The van der Waals surface area contributed by atoms with Crippen LogP contribution < -0.4 is 5.43 Å². The summed E-state index contributed by atoms with van der Waals surface area (Å²) < 4.78 is 6.50. The summed E-state index contributed by atoms with van der Waals surface area (Å²) >= 11 is 0. The number of aromatic nitrogens is 2. The van der Waals surface area contributed by atoms with Crippen LogP contribution in [0.1, 0.15) is 10.4 Å². The smallest absolute Gasteiger partial charge is 0.257 e. The van der Waals surface area contributed by atoms with Crippen molar-refractivity contribution in [3.05, 3.63) is 64.8 Å². The van der Waals surface area contributed by atoms with Crippen LogP contribution in [-0.4, -0.2) is 57.6 Å². The van der Waals surface area contributed by atoms with Crippen molar-refractivity contribution in [3.8, 4) is 0 Å². The largest absolute Gasteiger partial charge is 0.472 e. The van der Waals surface area contributed by atoms with E-state index in [1.807, 2.05) is 6.07 Å². The molecule has 27 heavy (non-hydrogen) atoms. The molecule has 1 saturated heterocycles. The Balaban J connectivity index is 1.43. The molecule has 4 rings (SSSR count). The number of para-hydroxylation sites is 1. The van der Waals surface area contributed by atoms with Gasteiger partial charge in [-0.05, 0) is 18.2 Å². The molecule has 0 unspecified atom stereocenters. The second kappa shape index (κ2) is 7.06. The molecule has 1 aliphatic heterocycles. The quantitative estimate of drug-likeness (QED) is 0.689. The van der Waals surface area contributed by atoms with Crippen molar-refractivity contribution in [2.75, 3.05) is 26.2 Å². The molecule has 0 N–H and O–H groups in total. The van der Waals surface area contributed by atoms with Gasteiger partial charge < -0.3 is 14.2 Å². The van der Waals surface area contributed by atoms with Crippen molar-refractivity contribution >= 4 is 22.7 Å². The SMILES string of the molecule is O=C(Cn1ncc(=O)c2ccccc21)N1CCN(C(=O)c2ccoc2)CC1. The van der Waals surface area contributed by atoms with E-state index >= 15 is 0 Å². The van der Waals surface area contributed by atoms with E-state index in [0.717, 1.165) is 0 Å². The lowest BCUT2D eigenvalue weighted by Gasteiger charge is -2.34. The van der Waals surface area contributed by atoms with Gasteiger partial charge in [-0.2, -0.15) is 5.10 Å². The van der Waals surface area contributed by atoms with Gasteiger partial charge in [0.2, 0.25) is 11.3 Å². The van der Waals surface area contributed by atoms with Gasteiger partial charge in [0.25, 0.3) is 5.91 Å². The highest BCUT2D eigenvalue weighted by Crippen LogP contribution is 2.11. The third kappa shape index (κ3) is 3.33. The number of benzene rings is 1. The van der Waals surface area contributed by atoms with E-state index in [2.05, 4.69) is 5.10 Å². The number of fused-ring (bicyclic) bond motifs is 1. The first kappa shape index (κ1) is 17.0. The number of nitrogens with zero attached hydrogens (tertiary/aromatic N) is 4. The predicted molar refractivity (Wildman–Crippen MR) is 97.2 cm³/mol. The highest BCUT2D eigenvalue weighted by molar-refractivity contribution is 5.94. The number of piperazine rings is 1. The van der Waals surface area contributed by atoms with Gasteiger partial charge in [0.15, 0.2) is 0 Å². The molecule has 138 valence electrons. The number of furan rings is 1. The molecule has 8 nitrogen and oxygen atoms in total. The maximum atomic E-state index is 12.7. The number of rotatable bonds is 3. The van der Waals surface area contributed by atoms with Gasteiger partial charge in [-0.1, -0.05) is 12.1 Å². The Hall–Kier alpha value is -3.42. The topological polar surface area (TPSA) is 88.7 Å². The van der Waals surface area contributed by atoms with Crippen LogP contribution in [0.15, 0.2) is 58.3 Å². The molecular formula is C19H18N4O4. The van der Waals surface area contributed by atoms with Crippen LogP contribution in [0.2, 0.25) is 0 Å². The van der Waals surface area contributed by atoms with Gasteiger partial charge in [0.1, 0.15) is 12.8 Å². The summed E-state index contributed by atoms with van der Waals surface area (Å²) in [6.07, 6.45) is 4.12. The second-order valence-corrected chi connectivity index (χ2v) is 6.37. The van der Waals surface area contributed by atoms with Crippen molar-refractivity contribution in [2.45, 2.75) is 6.54 Å². The number of amides is 2. The lowest BCUT2D eigenvalue weighted by molar-refractivity contribution is -0.133. The second-order valence-electron chi connectivity index (χ2n) is 6.37. The Morgan fingerprint density at radius 3 is 2.52 bits per heavy atom. The Morgan fingerprint density at radius 1 is 1.04 bits per heavy atom. The standard InChI is InChI=1S/C19H18N4O4/c24-17-11-20-23(16-4-2-1-3-15(16)17)12-18(25)21-6-8-22(9-7-21)19(26)14-5-10-27-13-14/h1-5,10-11,13H,6-9,12H2. The highest BCUT2D eigenvalue weighted by atomic mass is 16.3. The Labute approximate surface area is 154 Å². The summed E-state index contributed by atoms with van der Waals surface area (Å²) in [5.41, 5.74) is 0.978. The minimum Gasteiger partial charge on any atom is -0.472 e. The summed E-state index contributed by atoms with van der Waals surface area (Å²) in [4.78, 5) is 40.3. The third-order valence-corrected chi connectivity index (χ3v) is 4.73. The first-order valence-electron chi connectivity index (χ1n) is 8.67. The molecule has 3 heterocycles. The highest BCUT2D eigenvalue weighted by Gasteiger charge is 2.25. The maximum absolute atomic E-state index is 12.7. The number of carbonyl (C=O) groups is 2. The number of carbonyl (C=O) groups excluding carboxylic acids is 2. The molecular weight excluding hydrogens is 348 g/mol. The number of hydrogen-bond donors (Lipinski definition) is 0. The van der Waals surface area contributed by atoms with Crippen LogP contribution in [0.25, 0.3) is 10.9 Å². The molecule has 1 aromatic carbocycles. The van der Waals surface area contributed by atoms with Gasteiger partial charge in [0.05, 0.1) is 23.5 Å². The van der Waals surface area contributed by atoms with E-state index in [1.165, 1.54) is 18.7 Å². The third-order valence-electron chi connectivity index (χ3n) is 4.73. The Bertz CT molecular complexity index is 1030. The molecule has 0 radical (unpaired) electrons. The van der Waals surface area contributed by atoms with Gasteiger partial charge in [-0.15, -0.1) is 0 Å². The van der Waals surface area contributed by atoms with Gasteiger partial charge in [-0.25, -0.2) is 0 Å². The fourth-order valence-corrected chi connectivity index (χ4v) is 3.24. The molecule has 3 aromatic rings. The lowest BCUT2D eigenvalue weighted by Crippen LogP contribution is -2.51. The van der Waals surface area contributed by atoms with Gasteiger partial charge in [-0.3, -0.25) is 19.1 Å². The molecule has 0 spiro atoms. The zero-order chi connectivity index (χ0) is 18.8. The normalized spacial score (nSPS) is 14.5. The predicted octanol–water partition coefficient (Wildman–Crippen LogP) is 0.974. The van der Waals surface area contributed by atoms with Crippen LogP contribution in [0.5, 0.6) is 0 Å². The summed E-state index contributed by atoms with van der Waals surface area (Å²) in [6, 6.07) is 8.73. The van der Waals surface area contributed by atoms with Crippen LogP contribution in [-0.2, 0) is 11.3 Å². The van der Waals surface area contributed by atoms with Crippen molar-refractivity contribution in [1.29, 1.82) is 0 Å². The van der Waals surface area contributed by atoms with E-state index in [-0.39, 0.29) is 23.8 Å². The summed E-state index contributed by atoms with van der Waals surface area (Å²) in [7, 11) is 0. The molecule has 1 fully saturated rings.